The Morgan fingerprint density at radius 3 is 2.38 bits per heavy atom. The summed E-state index contributed by atoms with van der Waals surface area (Å²) in [5, 5.41) is 0. The van der Waals surface area contributed by atoms with Crippen molar-refractivity contribution in [3.05, 3.63) is 34.6 Å². The van der Waals surface area contributed by atoms with Crippen LogP contribution in [0.3, 0.4) is 0 Å². The summed E-state index contributed by atoms with van der Waals surface area (Å²) >= 11 is 0. The van der Waals surface area contributed by atoms with Crippen LogP contribution in [0.1, 0.15) is 42.4 Å². The average Bonchev–Trinajstić information content (AvgIpc) is 2.73. The molecular formula is C14H20FN. The van der Waals surface area contributed by atoms with Crippen LogP contribution >= 0.6 is 0 Å². The first-order valence-electron chi connectivity index (χ1n) is 6.06. The van der Waals surface area contributed by atoms with Crippen molar-refractivity contribution < 1.29 is 4.39 Å². The molecule has 0 bridgehead atoms. The maximum atomic E-state index is 13.7. The Morgan fingerprint density at radius 1 is 1.19 bits per heavy atom. The van der Waals surface area contributed by atoms with Crippen LogP contribution in [0.25, 0.3) is 0 Å². The monoisotopic (exact) mass is 221 g/mol. The van der Waals surface area contributed by atoms with Crippen LogP contribution in [0, 0.1) is 19.7 Å². The molecule has 1 aliphatic carbocycles. The standard InChI is InChI=1S/C14H20FN/c1-10-7-11(2)13(15)8-12(10)14(9-16)5-3-4-6-14/h7-8H,3-6,9,16H2,1-2H3. The number of benzene rings is 1. The topological polar surface area (TPSA) is 26.0 Å². The second kappa shape index (κ2) is 4.17. The number of aryl methyl sites for hydroxylation is 2. The third-order valence-corrected chi connectivity index (χ3v) is 4.03. The van der Waals surface area contributed by atoms with Gasteiger partial charge in [0.15, 0.2) is 0 Å². The highest BCUT2D eigenvalue weighted by molar-refractivity contribution is 5.38. The smallest absolute Gasteiger partial charge is 0.126 e. The third-order valence-electron chi connectivity index (χ3n) is 4.03. The molecule has 16 heavy (non-hydrogen) atoms. The molecule has 0 heterocycles. The van der Waals surface area contributed by atoms with E-state index in [1.54, 1.807) is 6.07 Å². The number of hydrogen-bond donors (Lipinski definition) is 1. The van der Waals surface area contributed by atoms with Gasteiger partial charge in [-0.1, -0.05) is 18.9 Å². The quantitative estimate of drug-likeness (QED) is 0.815. The maximum absolute atomic E-state index is 13.7. The van der Waals surface area contributed by atoms with Gasteiger partial charge in [-0.05, 0) is 49.4 Å². The molecule has 0 unspecified atom stereocenters. The molecule has 0 amide bonds. The van der Waals surface area contributed by atoms with Crippen LogP contribution in [0.5, 0.6) is 0 Å². The van der Waals surface area contributed by atoms with Gasteiger partial charge in [0, 0.05) is 12.0 Å². The fourth-order valence-corrected chi connectivity index (χ4v) is 3.03. The molecule has 88 valence electrons. The maximum Gasteiger partial charge on any atom is 0.126 e. The largest absolute Gasteiger partial charge is 0.330 e. The van der Waals surface area contributed by atoms with Gasteiger partial charge in [-0.25, -0.2) is 4.39 Å². The van der Waals surface area contributed by atoms with Gasteiger partial charge >= 0.3 is 0 Å². The lowest BCUT2D eigenvalue weighted by molar-refractivity contribution is 0.446. The zero-order valence-electron chi connectivity index (χ0n) is 10.1. The third kappa shape index (κ3) is 1.75. The summed E-state index contributed by atoms with van der Waals surface area (Å²) in [6, 6.07) is 3.66. The van der Waals surface area contributed by atoms with Crippen molar-refractivity contribution in [3.63, 3.8) is 0 Å². The van der Waals surface area contributed by atoms with E-state index in [9.17, 15) is 4.39 Å². The molecule has 2 rings (SSSR count). The van der Waals surface area contributed by atoms with E-state index in [-0.39, 0.29) is 11.2 Å². The lowest BCUT2D eigenvalue weighted by Crippen LogP contribution is -2.33. The van der Waals surface area contributed by atoms with Gasteiger partial charge in [0.2, 0.25) is 0 Å². The summed E-state index contributed by atoms with van der Waals surface area (Å²) in [6.07, 6.45) is 4.64. The van der Waals surface area contributed by atoms with Gasteiger partial charge in [-0.2, -0.15) is 0 Å². The first-order valence-corrected chi connectivity index (χ1v) is 6.06. The van der Waals surface area contributed by atoms with Crippen LogP contribution in [0.2, 0.25) is 0 Å². The Morgan fingerprint density at radius 2 is 1.81 bits per heavy atom. The Hall–Kier alpha value is -0.890. The van der Waals surface area contributed by atoms with Gasteiger partial charge < -0.3 is 5.73 Å². The van der Waals surface area contributed by atoms with Gasteiger partial charge in [-0.3, -0.25) is 0 Å². The lowest BCUT2D eigenvalue weighted by Gasteiger charge is -2.30. The van der Waals surface area contributed by atoms with E-state index in [0.717, 1.165) is 24.0 Å². The van der Waals surface area contributed by atoms with Crippen molar-refractivity contribution in [2.45, 2.75) is 44.9 Å². The summed E-state index contributed by atoms with van der Waals surface area (Å²) in [5.41, 5.74) is 9.03. The predicted molar refractivity (Wildman–Crippen MR) is 65.1 cm³/mol. The highest BCUT2D eigenvalue weighted by Crippen LogP contribution is 2.42. The highest BCUT2D eigenvalue weighted by Gasteiger charge is 2.35. The second-order valence-electron chi connectivity index (χ2n) is 5.11. The normalized spacial score (nSPS) is 19.0. The van der Waals surface area contributed by atoms with Crippen LogP contribution in [0.15, 0.2) is 12.1 Å². The molecule has 0 aliphatic heterocycles. The average molecular weight is 221 g/mol. The van der Waals surface area contributed by atoms with Gasteiger partial charge in [0.1, 0.15) is 5.82 Å². The van der Waals surface area contributed by atoms with E-state index in [1.165, 1.54) is 18.4 Å². The van der Waals surface area contributed by atoms with E-state index in [1.807, 2.05) is 13.0 Å². The predicted octanol–water partition coefficient (Wildman–Crippen LogP) is 3.21. The minimum Gasteiger partial charge on any atom is -0.330 e. The van der Waals surface area contributed by atoms with E-state index < -0.39 is 0 Å². The molecule has 1 saturated carbocycles. The molecular weight excluding hydrogens is 201 g/mol. The number of nitrogens with two attached hydrogens (primary N) is 1. The van der Waals surface area contributed by atoms with Gasteiger partial charge in [0.25, 0.3) is 0 Å². The van der Waals surface area contributed by atoms with Crippen molar-refractivity contribution >= 4 is 0 Å². The summed E-state index contributed by atoms with van der Waals surface area (Å²) in [4.78, 5) is 0. The van der Waals surface area contributed by atoms with E-state index >= 15 is 0 Å². The number of halogens is 1. The molecule has 0 spiro atoms. The number of rotatable bonds is 2. The first kappa shape index (κ1) is 11.6. The summed E-state index contributed by atoms with van der Waals surface area (Å²) in [7, 11) is 0. The minimum atomic E-state index is -0.0969. The Labute approximate surface area is 96.9 Å². The first-order chi connectivity index (χ1) is 7.59. The summed E-state index contributed by atoms with van der Waals surface area (Å²) in [5.74, 6) is -0.0969. The van der Waals surface area contributed by atoms with Crippen molar-refractivity contribution in [1.82, 2.24) is 0 Å². The van der Waals surface area contributed by atoms with Crippen LogP contribution in [0.4, 0.5) is 4.39 Å². The highest BCUT2D eigenvalue weighted by atomic mass is 19.1. The molecule has 0 atom stereocenters. The minimum absolute atomic E-state index is 0.0403. The fraction of sp³-hybridized carbons (Fsp3) is 0.571. The molecule has 1 aliphatic rings. The van der Waals surface area contributed by atoms with E-state index in [4.69, 9.17) is 5.73 Å². The fourth-order valence-electron chi connectivity index (χ4n) is 3.03. The zero-order chi connectivity index (χ0) is 11.8. The molecule has 0 saturated heterocycles. The molecule has 1 aromatic carbocycles. The van der Waals surface area contributed by atoms with Crippen molar-refractivity contribution in [2.24, 2.45) is 5.73 Å². The zero-order valence-corrected chi connectivity index (χ0v) is 10.1. The molecule has 1 aromatic rings. The number of hydrogen-bond acceptors (Lipinski definition) is 1. The molecule has 2 N–H and O–H groups in total. The molecule has 0 radical (unpaired) electrons. The second-order valence-corrected chi connectivity index (χ2v) is 5.11. The van der Waals surface area contributed by atoms with Crippen LogP contribution in [-0.2, 0) is 5.41 Å². The van der Waals surface area contributed by atoms with Crippen LogP contribution in [-0.4, -0.2) is 6.54 Å². The van der Waals surface area contributed by atoms with Gasteiger partial charge in [-0.15, -0.1) is 0 Å². The van der Waals surface area contributed by atoms with E-state index in [2.05, 4.69) is 6.92 Å². The SMILES string of the molecule is Cc1cc(C)c(C2(CN)CCCC2)cc1F. The van der Waals surface area contributed by atoms with Gasteiger partial charge in [0.05, 0.1) is 0 Å². The lowest BCUT2D eigenvalue weighted by atomic mass is 9.76. The van der Waals surface area contributed by atoms with E-state index in [0.29, 0.717) is 6.54 Å². The molecule has 1 nitrogen and oxygen atoms in total. The molecule has 2 heteroatoms. The molecule has 1 fully saturated rings. The Bertz CT molecular complexity index is 392. The Balaban J connectivity index is 2.50. The van der Waals surface area contributed by atoms with Crippen molar-refractivity contribution in [3.8, 4) is 0 Å². The van der Waals surface area contributed by atoms with Crippen LogP contribution < -0.4 is 5.73 Å². The summed E-state index contributed by atoms with van der Waals surface area (Å²) in [6.45, 7) is 4.52. The van der Waals surface area contributed by atoms with Crippen molar-refractivity contribution in [1.29, 1.82) is 0 Å². The Kier molecular flexibility index (Phi) is 3.02. The molecule has 0 aromatic heterocycles. The van der Waals surface area contributed by atoms with Crippen molar-refractivity contribution in [2.75, 3.05) is 6.54 Å². The summed E-state index contributed by atoms with van der Waals surface area (Å²) < 4.78 is 13.7.